The van der Waals surface area contributed by atoms with E-state index in [2.05, 4.69) is 32.9 Å². The van der Waals surface area contributed by atoms with Crippen LogP contribution in [0.5, 0.6) is 0 Å². The number of halogens is 2. The van der Waals surface area contributed by atoms with Crippen LogP contribution in [0.15, 0.2) is 42.5 Å². The van der Waals surface area contributed by atoms with Gasteiger partial charge < -0.3 is 4.90 Å². The number of carbonyl (C=O) groups excluding carboxylic acids is 1. The molecule has 1 aliphatic rings. The third kappa shape index (κ3) is 4.02. The van der Waals surface area contributed by atoms with Gasteiger partial charge in [0.25, 0.3) is 5.91 Å². The van der Waals surface area contributed by atoms with Gasteiger partial charge in [0.05, 0.1) is 10.0 Å². The second kappa shape index (κ2) is 7.01. The lowest BCUT2D eigenvalue weighted by molar-refractivity contribution is 0.0790. The van der Waals surface area contributed by atoms with Crippen LogP contribution in [0.2, 0.25) is 10.0 Å². The van der Waals surface area contributed by atoms with Crippen LogP contribution in [0, 0.1) is 0 Å². The van der Waals surface area contributed by atoms with Crippen LogP contribution in [-0.2, 0) is 5.41 Å². The summed E-state index contributed by atoms with van der Waals surface area (Å²) in [5, 5.41) is 1.14. The van der Waals surface area contributed by atoms with Crippen LogP contribution in [0.1, 0.15) is 54.6 Å². The van der Waals surface area contributed by atoms with Crippen LogP contribution in [0.3, 0.4) is 0 Å². The van der Waals surface area contributed by atoms with E-state index in [1.54, 1.807) is 0 Å². The van der Waals surface area contributed by atoms with Crippen molar-refractivity contribution in [2.75, 3.05) is 13.1 Å². The van der Waals surface area contributed by atoms with E-state index in [1.807, 2.05) is 35.2 Å². The Balaban J connectivity index is 1.71. The molecule has 0 spiro atoms. The number of benzene rings is 2. The van der Waals surface area contributed by atoms with Crippen molar-refractivity contribution < 1.29 is 4.79 Å². The Morgan fingerprint density at radius 3 is 2.32 bits per heavy atom. The molecule has 1 saturated heterocycles. The Morgan fingerprint density at radius 2 is 1.72 bits per heavy atom. The number of hydrogen-bond donors (Lipinski definition) is 0. The largest absolute Gasteiger partial charge is 0.338 e. The van der Waals surface area contributed by atoms with E-state index in [0.29, 0.717) is 16.0 Å². The molecule has 1 heterocycles. The van der Waals surface area contributed by atoms with Gasteiger partial charge in [0, 0.05) is 24.6 Å². The highest BCUT2D eigenvalue weighted by atomic mass is 35.5. The van der Waals surface area contributed by atoms with Gasteiger partial charge in [-0.3, -0.25) is 4.79 Å². The molecule has 0 N–H and O–H groups in total. The first-order valence-electron chi connectivity index (χ1n) is 8.60. The van der Waals surface area contributed by atoms with Crippen LogP contribution in [0.4, 0.5) is 0 Å². The first-order valence-corrected chi connectivity index (χ1v) is 9.36. The molecule has 132 valence electrons. The lowest BCUT2D eigenvalue weighted by Crippen LogP contribution is -2.28. The lowest BCUT2D eigenvalue weighted by atomic mass is 9.86. The molecule has 1 amide bonds. The van der Waals surface area contributed by atoms with Crippen molar-refractivity contribution in [3.63, 3.8) is 0 Å². The Hall–Kier alpha value is -1.51. The minimum atomic E-state index is 0.0914. The zero-order valence-electron chi connectivity index (χ0n) is 14.9. The highest BCUT2D eigenvalue weighted by Crippen LogP contribution is 2.32. The second-order valence-electron chi connectivity index (χ2n) is 7.74. The molecular weight excluding hydrogens is 353 g/mol. The fraction of sp³-hybridized carbons (Fsp3) is 0.381. The fourth-order valence-electron chi connectivity index (χ4n) is 3.28. The number of likely N-dealkylation sites (tertiary alicyclic amines) is 1. The summed E-state index contributed by atoms with van der Waals surface area (Å²) in [6.45, 7) is 8.01. The van der Waals surface area contributed by atoms with Gasteiger partial charge in [0.15, 0.2) is 0 Å². The van der Waals surface area contributed by atoms with Gasteiger partial charge in [-0.15, -0.1) is 0 Å². The number of nitrogens with zero attached hydrogens (tertiary/aromatic N) is 1. The fourth-order valence-corrected chi connectivity index (χ4v) is 3.59. The summed E-state index contributed by atoms with van der Waals surface area (Å²) in [6.07, 6.45) is 0.948. The molecule has 0 bridgehead atoms. The maximum absolute atomic E-state index is 12.8. The highest BCUT2D eigenvalue weighted by Gasteiger charge is 2.28. The minimum Gasteiger partial charge on any atom is -0.338 e. The molecule has 25 heavy (non-hydrogen) atoms. The smallest absolute Gasteiger partial charge is 0.253 e. The van der Waals surface area contributed by atoms with Gasteiger partial charge >= 0.3 is 0 Å². The van der Waals surface area contributed by atoms with Crippen LogP contribution < -0.4 is 0 Å². The van der Waals surface area contributed by atoms with Gasteiger partial charge in [-0.05, 0) is 47.2 Å². The summed E-state index contributed by atoms with van der Waals surface area (Å²) < 4.78 is 0. The molecular formula is C21H23Cl2NO. The van der Waals surface area contributed by atoms with E-state index in [-0.39, 0.29) is 11.3 Å². The summed E-state index contributed by atoms with van der Waals surface area (Å²) in [6, 6.07) is 13.7. The number of hydrogen-bond acceptors (Lipinski definition) is 1. The SMILES string of the molecule is CC(C)(C)c1ccc(C(=O)N2CCC(c3ccc(Cl)c(Cl)c3)C2)cc1. The van der Waals surface area contributed by atoms with Crippen LogP contribution in [-0.4, -0.2) is 23.9 Å². The zero-order valence-corrected chi connectivity index (χ0v) is 16.4. The van der Waals surface area contributed by atoms with E-state index >= 15 is 0 Å². The van der Waals surface area contributed by atoms with Gasteiger partial charge in [-0.1, -0.05) is 62.2 Å². The van der Waals surface area contributed by atoms with E-state index in [9.17, 15) is 4.79 Å². The zero-order chi connectivity index (χ0) is 18.2. The standard InChI is InChI=1S/C21H23Cl2NO/c1-21(2,3)17-7-4-14(5-8-17)20(25)24-11-10-16(13-24)15-6-9-18(22)19(23)12-15/h4-9,12,16H,10-11,13H2,1-3H3. The maximum Gasteiger partial charge on any atom is 0.253 e. The predicted octanol–water partition coefficient (Wildman–Crippen LogP) is 5.92. The normalized spacial score (nSPS) is 17.8. The molecule has 1 fully saturated rings. The third-order valence-electron chi connectivity index (χ3n) is 4.89. The molecule has 0 saturated carbocycles. The second-order valence-corrected chi connectivity index (χ2v) is 8.55. The molecule has 0 radical (unpaired) electrons. The van der Waals surface area contributed by atoms with Crippen LogP contribution in [0.25, 0.3) is 0 Å². The molecule has 2 nitrogen and oxygen atoms in total. The first kappa shape index (κ1) is 18.3. The number of rotatable bonds is 2. The monoisotopic (exact) mass is 375 g/mol. The molecule has 1 unspecified atom stereocenters. The topological polar surface area (TPSA) is 20.3 Å². The summed E-state index contributed by atoms with van der Waals surface area (Å²) in [5.41, 5.74) is 3.23. The van der Waals surface area contributed by atoms with E-state index in [0.717, 1.165) is 30.6 Å². The van der Waals surface area contributed by atoms with Gasteiger partial charge in [0.1, 0.15) is 0 Å². The van der Waals surface area contributed by atoms with E-state index < -0.39 is 0 Å². The van der Waals surface area contributed by atoms with E-state index in [4.69, 9.17) is 23.2 Å². The molecule has 2 aromatic rings. The third-order valence-corrected chi connectivity index (χ3v) is 5.63. The summed E-state index contributed by atoms with van der Waals surface area (Å²) in [4.78, 5) is 14.7. The Kier molecular flexibility index (Phi) is 5.13. The van der Waals surface area contributed by atoms with Crippen molar-refractivity contribution in [1.29, 1.82) is 0 Å². The Bertz CT molecular complexity index is 777. The molecule has 4 heteroatoms. The molecule has 0 aromatic heterocycles. The molecule has 1 aliphatic heterocycles. The Morgan fingerprint density at radius 1 is 1.04 bits per heavy atom. The van der Waals surface area contributed by atoms with E-state index in [1.165, 1.54) is 5.56 Å². The first-order chi connectivity index (χ1) is 11.8. The van der Waals surface area contributed by atoms with Crippen molar-refractivity contribution in [1.82, 2.24) is 4.90 Å². The Labute approximate surface area is 159 Å². The maximum atomic E-state index is 12.8. The number of amides is 1. The average molecular weight is 376 g/mol. The van der Waals surface area contributed by atoms with Crippen LogP contribution >= 0.6 is 23.2 Å². The van der Waals surface area contributed by atoms with Gasteiger partial charge in [-0.25, -0.2) is 0 Å². The van der Waals surface area contributed by atoms with Crippen molar-refractivity contribution in [2.45, 2.75) is 38.5 Å². The molecule has 2 aromatic carbocycles. The highest BCUT2D eigenvalue weighted by molar-refractivity contribution is 6.42. The molecule has 3 rings (SSSR count). The van der Waals surface area contributed by atoms with Crippen molar-refractivity contribution in [3.8, 4) is 0 Å². The van der Waals surface area contributed by atoms with Gasteiger partial charge in [-0.2, -0.15) is 0 Å². The van der Waals surface area contributed by atoms with Gasteiger partial charge in [0.2, 0.25) is 0 Å². The minimum absolute atomic E-state index is 0.0914. The number of carbonyl (C=O) groups is 1. The molecule has 0 aliphatic carbocycles. The molecule has 1 atom stereocenters. The average Bonchev–Trinajstić information content (AvgIpc) is 3.06. The van der Waals surface area contributed by atoms with Crippen molar-refractivity contribution in [2.24, 2.45) is 0 Å². The lowest BCUT2D eigenvalue weighted by Gasteiger charge is -2.20. The predicted molar refractivity (Wildman–Crippen MR) is 105 cm³/mol. The van der Waals surface area contributed by atoms with Crippen molar-refractivity contribution >= 4 is 29.1 Å². The summed E-state index contributed by atoms with van der Waals surface area (Å²) >= 11 is 12.1. The summed E-state index contributed by atoms with van der Waals surface area (Å²) in [5.74, 6) is 0.413. The van der Waals surface area contributed by atoms with Crippen molar-refractivity contribution in [3.05, 3.63) is 69.2 Å². The summed E-state index contributed by atoms with van der Waals surface area (Å²) in [7, 11) is 0. The quantitative estimate of drug-likeness (QED) is 0.637.